The number of aliphatic hydroxyl groups is 1. The Bertz CT molecular complexity index is 1020. The molecular weight excluding hydrogens is 416 g/mol. The lowest BCUT2D eigenvalue weighted by Crippen LogP contribution is -2.36. The first-order chi connectivity index (χ1) is 14.8. The summed E-state index contributed by atoms with van der Waals surface area (Å²) in [6.45, 7) is 4.25. The summed E-state index contributed by atoms with van der Waals surface area (Å²) in [6, 6.07) is 7.15. The average Bonchev–Trinajstić information content (AvgIpc) is 3.15. The Labute approximate surface area is 186 Å². The van der Waals surface area contributed by atoms with Crippen LogP contribution in [-0.4, -0.2) is 51.2 Å². The van der Waals surface area contributed by atoms with Crippen molar-refractivity contribution in [3.63, 3.8) is 0 Å². The predicted molar refractivity (Wildman–Crippen MR) is 119 cm³/mol. The lowest BCUT2D eigenvalue weighted by molar-refractivity contribution is 0.00624. The Balaban J connectivity index is 1.54. The zero-order valence-electron chi connectivity index (χ0n) is 17.8. The first-order valence-electron chi connectivity index (χ1n) is 10.6. The highest BCUT2D eigenvalue weighted by molar-refractivity contribution is 6.31. The van der Waals surface area contributed by atoms with Crippen LogP contribution in [0, 0.1) is 13.8 Å². The molecule has 7 nitrogen and oxygen atoms in total. The van der Waals surface area contributed by atoms with Crippen LogP contribution < -0.4 is 10.5 Å². The van der Waals surface area contributed by atoms with Crippen LogP contribution in [0.25, 0.3) is 5.57 Å². The maximum Gasteiger partial charge on any atom is 0.258 e. The first kappa shape index (κ1) is 21.6. The van der Waals surface area contributed by atoms with Gasteiger partial charge in [-0.15, -0.1) is 0 Å². The van der Waals surface area contributed by atoms with Crippen LogP contribution in [0.4, 0.5) is 0 Å². The van der Waals surface area contributed by atoms with Gasteiger partial charge in [-0.1, -0.05) is 30.2 Å². The van der Waals surface area contributed by atoms with Gasteiger partial charge in [0, 0.05) is 11.3 Å². The number of amides is 1. The molecule has 2 atom stereocenters. The third-order valence-corrected chi connectivity index (χ3v) is 6.45. The molecule has 8 heteroatoms. The molecule has 0 saturated heterocycles. The van der Waals surface area contributed by atoms with E-state index in [4.69, 9.17) is 22.1 Å². The Morgan fingerprint density at radius 2 is 1.84 bits per heavy atom. The SMILES string of the molecule is Cc1nc(C2=C(N)CN(C(=O)c3ccccc3OC3CCCCC3O)C2)nc(C)c1Cl. The highest BCUT2D eigenvalue weighted by Crippen LogP contribution is 2.30. The van der Waals surface area contributed by atoms with Crippen molar-refractivity contribution in [1.29, 1.82) is 0 Å². The third kappa shape index (κ3) is 4.38. The minimum Gasteiger partial charge on any atom is -0.487 e. The van der Waals surface area contributed by atoms with Crippen molar-refractivity contribution < 1.29 is 14.6 Å². The molecule has 1 aromatic carbocycles. The lowest BCUT2D eigenvalue weighted by atomic mass is 9.95. The third-order valence-electron chi connectivity index (χ3n) is 5.90. The van der Waals surface area contributed by atoms with Gasteiger partial charge in [0.15, 0.2) is 5.82 Å². The summed E-state index contributed by atoms with van der Waals surface area (Å²) < 4.78 is 6.08. The normalized spacial score (nSPS) is 21.5. The zero-order valence-corrected chi connectivity index (χ0v) is 18.5. The average molecular weight is 443 g/mol. The van der Waals surface area contributed by atoms with E-state index in [1.807, 2.05) is 19.9 Å². The highest BCUT2D eigenvalue weighted by Gasteiger charge is 2.31. The summed E-state index contributed by atoms with van der Waals surface area (Å²) in [7, 11) is 0. The second-order valence-electron chi connectivity index (χ2n) is 8.20. The van der Waals surface area contributed by atoms with Gasteiger partial charge in [-0.05, 0) is 45.2 Å². The van der Waals surface area contributed by atoms with Crippen molar-refractivity contribution in [1.82, 2.24) is 14.9 Å². The number of aromatic nitrogens is 2. The Morgan fingerprint density at radius 3 is 2.55 bits per heavy atom. The molecule has 0 radical (unpaired) electrons. The number of hydrogen-bond donors (Lipinski definition) is 2. The van der Waals surface area contributed by atoms with Gasteiger partial charge in [0.05, 0.1) is 41.2 Å². The van der Waals surface area contributed by atoms with Crippen LogP contribution in [0.5, 0.6) is 5.75 Å². The predicted octanol–water partition coefficient (Wildman–Crippen LogP) is 3.25. The van der Waals surface area contributed by atoms with Gasteiger partial charge in [-0.3, -0.25) is 4.79 Å². The second-order valence-corrected chi connectivity index (χ2v) is 8.58. The zero-order chi connectivity index (χ0) is 22.1. The summed E-state index contributed by atoms with van der Waals surface area (Å²) >= 11 is 6.19. The standard InChI is InChI=1S/C23H27ClN4O3/c1-13-21(24)14(2)27-22(26-13)16-11-28(12-17(16)25)23(30)15-7-3-5-9-19(15)31-20-10-6-4-8-18(20)29/h3,5,7,9,18,20,29H,4,6,8,10-12,25H2,1-2H3. The van der Waals surface area contributed by atoms with E-state index in [-0.39, 0.29) is 12.0 Å². The van der Waals surface area contributed by atoms with E-state index in [1.165, 1.54) is 0 Å². The summed E-state index contributed by atoms with van der Waals surface area (Å²) in [5, 5.41) is 10.8. The molecule has 1 saturated carbocycles. The van der Waals surface area contributed by atoms with Crippen molar-refractivity contribution in [2.45, 2.75) is 51.7 Å². The van der Waals surface area contributed by atoms with Crippen LogP contribution in [-0.2, 0) is 0 Å². The first-order valence-corrected chi connectivity index (χ1v) is 10.9. The minimum absolute atomic E-state index is 0.179. The Kier molecular flexibility index (Phi) is 6.16. The van der Waals surface area contributed by atoms with Gasteiger partial charge in [0.1, 0.15) is 11.9 Å². The molecule has 164 valence electrons. The molecule has 1 aromatic heterocycles. The van der Waals surface area contributed by atoms with Crippen molar-refractivity contribution in [2.24, 2.45) is 5.73 Å². The van der Waals surface area contributed by atoms with Gasteiger partial charge in [0.25, 0.3) is 5.91 Å². The fourth-order valence-corrected chi connectivity index (χ4v) is 4.22. The molecule has 1 aliphatic heterocycles. The van der Waals surface area contributed by atoms with Crippen molar-refractivity contribution in [3.8, 4) is 5.75 Å². The number of aliphatic hydroxyl groups excluding tert-OH is 1. The van der Waals surface area contributed by atoms with Gasteiger partial charge >= 0.3 is 0 Å². The van der Waals surface area contributed by atoms with E-state index in [0.717, 1.165) is 31.3 Å². The summed E-state index contributed by atoms with van der Waals surface area (Å²) in [5.41, 5.74) is 9.39. The van der Waals surface area contributed by atoms with Gasteiger partial charge < -0.3 is 20.5 Å². The lowest BCUT2D eigenvalue weighted by Gasteiger charge is -2.29. The number of ether oxygens (including phenoxy) is 1. The monoisotopic (exact) mass is 442 g/mol. The molecule has 1 aliphatic carbocycles. The number of aryl methyl sites for hydroxylation is 2. The molecule has 0 spiro atoms. The van der Waals surface area contributed by atoms with E-state index in [0.29, 0.717) is 52.3 Å². The molecule has 1 amide bonds. The molecule has 3 N–H and O–H groups in total. The number of nitrogens with two attached hydrogens (primary N) is 1. The molecule has 2 aromatic rings. The number of halogens is 1. The number of hydrogen-bond acceptors (Lipinski definition) is 6. The summed E-state index contributed by atoms with van der Waals surface area (Å²) in [5.74, 6) is 0.809. The number of nitrogens with zero attached hydrogens (tertiary/aromatic N) is 3. The Hall–Kier alpha value is -2.64. The number of para-hydroxylation sites is 1. The van der Waals surface area contributed by atoms with Crippen molar-refractivity contribution >= 4 is 23.1 Å². The molecule has 4 rings (SSSR count). The largest absolute Gasteiger partial charge is 0.487 e. The van der Waals surface area contributed by atoms with E-state index in [2.05, 4.69) is 9.97 Å². The van der Waals surface area contributed by atoms with Crippen LogP contribution in [0.1, 0.15) is 53.3 Å². The van der Waals surface area contributed by atoms with E-state index >= 15 is 0 Å². The quantitative estimate of drug-likeness (QED) is 0.753. The fraction of sp³-hybridized carbons (Fsp3) is 0.435. The van der Waals surface area contributed by atoms with Crippen molar-refractivity contribution in [3.05, 3.63) is 57.8 Å². The van der Waals surface area contributed by atoms with Gasteiger partial charge in [-0.25, -0.2) is 9.97 Å². The molecule has 1 fully saturated rings. The topological polar surface area (TPSA) is 102 Å². The van der Waals surface area contributed by atoms with Crippen molar-refractivity contribution in [2.75, 3.05) is 13.1 Å². The number of carbonyl (C=O) groups excluding carboxylic acids is 1. The summed E-state index contributed by atoms with van der Waals surface area (Å²) in [6.07, 6.45) is 2.69. The molecule has 31 heavy (non-hydrogen) atoms. The number of rotatable bonds is 4. The van der Waals surface area contributed by atoms with E-state index in [9.17, 15) is 9.90 Å². The fourth-order valence-electron chi connectivity index (χ4n) is 4.14. The molecule has 0 bridgehead atoms. The van der Waals surface area contributed by atoms with Crippen LogP contribution >= 0.6 is 11.6 Å². The van der Waals surface area contributed by atoms with E-state index < -0.39 is 6.10 Å². The second kappa shape index (κ2) is 8.85. The van der Waals surface area contributed by atoms with Crippen LogP contribution in [0.3, 0.4) is 0 Å². The smallest absolute Gasteiger partial charge is 0.258 e. The van der Waals surface area contributed by atoms with E-state index in [1.54, 1.807) is 23.1 Å². The molecular formula is C23H27ClN4O3. The number of benzene rings is 1. The molecule has 2 aliphatic rings. The number of carbonyl (C=O) groups is 1. The van der Waals surface area contributed by atoms with Crippen LogP contribution in [0.15, 0.2) is 30.0 Å². The van der Waals surface area contributed by atoms with Gasteiger partial charge in [0.2, 0.25) is 0 Å². The molecule has 2 unspecified atom stereocenters. The Morgan fingerprint density at radius 1 is 1.16 bits per heavy atom. The van der Waals surface area contributed by atoms with Crippen LogP contribution in [0.2, 0.25) is 5.02 Å². The minimum atomic E-state index is -0.513. The maximum atomic E-state index is 13.3. The molecule has 2 heterocycles. The van der Waals surface area contributed by atoms with Gasteiger partial charge in [-0.2, -0.15) is 0 Å². The highest BCUT2D eigenvalue weighted by atomic mass is 35.5. The maximum absolute atomic E-state index is 13.3. The summed E-state index contributed by atoms with van der Waals surface area (Å²) in [4.78, 5) is 23.9.